The van der Waals surface area contributed by atoms with E-state index in [1.807, 2.05) is 12.1 Å². The third kappa shape index (κ3) is 4.70. The van der Waals surface area contributed by atoms with Crippen LogP contribution in [0.15, 0.2) is 59.5 Å². The Balaban J connectivity index is 1.50. The number of nitro benzene ring substituents is 1. The van der Waals surface area contributed by atoms with Crippen molar-refractivity contribution in [2.75, 3.05) is 22.7 Å². The third-order valence-electron chi connectivity index (χ3n) is 5.44. The Bertz CT molecular complexity index is 1220. The summed E-state index contributed by atoms with van der Waals surface area (Å²) >= 11 is 0. The van der Waals surface area contributed by atoms with Gasteiger partial charge in [0.2, 0.25) is 0 Å². The minimum Gasteiger partial charge on any atom is -0.355 e. The molecule has 0 bridgehead atoms. The van der Waals surface area contributed by atoms with E-state index < -0.39 is 14.9 Å². The highest BCUT2D eigenvalue weighted by Crippen LogP contribution is 2.26. The van der Waals surface area contributed by atoms with Crippen molar-refractivity contribution in [1.82, 2.24) is 10.2 Å². The number of anilines is 2. The fourth-order valence-electron chi connectivity index (χ4n) is 3.68. The van der Waals surface area contributed by atoms with Crippen LogP contribution >= 0.6 is 0 Å². The molecule has 10 heteroatoms. The summed E-state index contributed by atoms with van der Waals surface area (Å²) in [5, 5.41) is 19.7. The van der Waals surface area contributed by atoms with Gasteiger partial charge in [0, 0.05) is 36.5 Å². The molecule has 1 N–H and O–H groups in total. The van der Waals surface area contributed by atoms with Crippen molar-refractivity contribution in [3.8, 4) is 11.3 Å². The number of nitro groups is 1. The van der Waals surface area contributed by atoms with E-state index in [0.29, 0.717) is 16.9 Å². The summed E-state index contributed by atoms with van der Waals surface area (Å²) in [6.07, 6.45) is 3.58. The normalized spacial score (nSPS) is 14.2. The van der Waals surface area contributed by atoms with Gasteiger partial charge in [-0.15, -0.1) is 10.2 Å². The minimum atomic E-state index is -3.98. The summed E-state index contributed by atoms with van der Waals surface area (Å²) in [6.45, 7) is 3.58. The molecule has 0 amide bonds. The number of hydrogen-bond acceptors (Lipinski definition) is 7. The topological polar surface area (TPSA) is 118 Å². The molecule has 1 aliphatic rings. The van der Waals surface area contributed by atoms with Crippen molar-refractivity contribution < 1.29 is 13.3 Å². The van der Waals surface area contributed by atoms with E-state index in [4.69, 9.17) is 0 Å². The number of aryl methyl sites for hydroxylation is 1. The zero-order valence-electron chi connectivity index (χ0n) is 17.6. The standard InChI is InChI=1S/C22H23N5O4S/c1-16-5-10-19(27(28)29)15-21(16)32(30,31)25-18-8-6-17(7-9-18)20-11-12-22(24-23-20)26-13-3-2-4-14-26/h5-12,15,25H,2-4,13-14H2,1H3. The first-order chi connectivity index (χ1) is 15.3. The number of sulfonamides is 1. The number of non-ortho nitro benzene ring substituents is 1. The highest BCUT2D eigenvalue weighted by Gasteiger charge is 2.21. The summed E-state index contributed by atoms with van der Waals surface area (Å²) in [4.78, 5) is 12.5. The van der Waals surface area contributed by atoms with Gasteiger partial charge in [0.05, 0.1) is 15.5 Å². The lowest BCUT2D eigenvalue weighted by Crippen LogP contribution is -2.30. The van der Waals surface area contributed by atoms with Gasteiger partial charge in [0.1, 0.15) is 0 Å². The molecule has 0 radical (unpaired) electrons. The number of benzene rings is 2. The monoisotopic (exact) mass is 453 g/mol. The van der Waals surface area contributed by atoms with Crippen LogP contribution in [-0.4, -0.2) is 36.6 Å². The Labute approximate surface area is 186 Å². The first-order valence-corrected chi connectivity index (χ1v) is 11.8. The molecule has 4 rings (SSSR count). The number of rotatable bonds is 6. The van der Waals surface area contributed by atoms with Gasteiger partial charge in [-0.05, 0) is 56.0 Å². The van der Waals surface area contributed by atoms with E-state index >= 15 is 0 Å². The van der Waals surface area contributed by atoms with Gasteiger partial charge in [-0.2, -0.15) is 0 Å². The second kappa shape index (κ2) is 8.91. The molecule has 2 heterocycles. The van der Waals surface area contributed by atoms with Crippen LogP contribution < -0.4 is 9.62 Å². The summed E-state index contributed by atoms with van der Waals surface area (Å²) in [7, 11) is -3.98. The lowest BCUT2D eigenvalue weighted by molar-refractivity contribution is -0.385. The Kier molecular flexibility index (Phi) is 6.04. The van der Waals surface area contributed by atoms with Gasteiger partial charge in [0.25, 0.3) is 15.7 Å². The quantitative estimate of drug-likeness (QED) is 0.440. The lowest BCUT2D eigenvalue weighted by Gasteiger charge is -2.27. The van der Waals surface area contributed by atoms with Crippen LogP contribution in [0.25, 0.3) is 11.3 Å². The third-order valence-corrected chi connectivity index (χ3v) is 6.96. The summed E-state index contributed by atoms with van der Waals surface area (Å²) in [6, 6.07) is 14.4. The maximum Gasteiger partial charge on any atom is 0.270 e. The molecule has 9 nitrogen and oxygen atoms in total. The Morgan fingerprint density at radius 2 is 1.69 bits per heavy atom. The molecule has 1 aliphatic heterocycles. The molecule has 0 unspecified atom stereocenters. The Morgan fingerprint density at radius 1 is 0.969 bits per heavy atom. The minimum absolute atomic E-state index is 0.130. The van der Waals surface area contributed by atoms with Crippen LogP contribution in [0.5, 0.6) is 0 Å². The van der Waals surface area contributed by atoms with Gasteiger partial charge >= 0.3 is 0 Å². The van der Waals surface area contributed by atoms with E-state index in [2.05, 4.69) is 19.8 Å². The maximum absolute atomic E-state index is 12.8. The van der Waals surface area contributed by atoms with Crippen molar-refractivity contribution in [1.29, 1.82) is 0 Å². The molecule has 1 fully saturated rings. The molecule has 32 heavy (non-hydrogen) atoms. The van der Waals surface area contributed by atoms with Gasteiger partial charge in [-0.1, -0.05) is 18.2 Å². The number of nitrogens with one attached hydrogen (secondary N) is 1. The highest BCUT2D eigenvalue weighted by molar-refractivity contribution is 7.92. The maximum atomic E-state index is 12.8. The molecule has 3 aromatic rings. The van der Waals surface area contributed by atoms with E-state index in [1.165, 1.54) is 18.6 Å². The van der Waals surface area contributed by atoms with Gasteiger partial charge in [0.15, 0.2) is 5.82 Å². The van der Waals surface area contributed by atoms with Gasteiger partial charge in [-0.3, -0.25) is 14.8 Å². The van der Waals surface area contributed by atoms with Crippen molar-refractivity contribution >= 4 is 27.2 Å². The molecule has 0 spiro atoms. The first-order valence-electron chi connectivity index (χ1n) is 10.3. The molecule has 0 saturated carbocycles. The van der Waals surface area contributed by atoms with E-state index in [-0.39, 0.29) is 10.6 Å². The summed E-state index contributed by atoms with van der Waals surface area (Å²) in [5.74, 6) is 0.866. The highest BCUT2D eigenvalue weighted by atomic mass is 32.2. The number of hydrogen-bond donors (Lipinski definition) is 1. The largest absolute Gasteiger partial charge is 0.355 e. The number of nitrogens with zero attached hydrogens (tertiary/aromatic N) is 4. The average molecular weight is 454 g/mol. The molecule has 0 aliphatic carbocycles. The summed E-state index contributed by atoms with van der Waals surface area (Å²) in [5.41, 5.74) is 1.98. The second-order valence-electron chi connectivity index (χ2n) is 7.71. The van der Waals surface area contributed by atoms with Gasteiger partial charge in [-0.25, -0.2) is 8.42 Å². The molecule has 1 aromatic heterocycles. The van der Waals surface area contributed by atoms with Crippen LogP contribution in [0.2, 0.25) is 0 Å². The summed E-state index contributed by atoms with van der Waals surface area (Å²) < 4.78 is 28.0. The van der Waals surface area contributed by atoms with Gasteiger partial charge < -0.3 is 4.90 Å². The van der Waals surface area contributed by atoms with Crippen molar-refractivity contribution in [3.05, 3.63) is 70.3 Å². The fourth-order valence-corrected chi connectivity index (χ4v) is 5.01. The SMILES string of the molecule is Cc1ccc([N+](=O)[O-])cc1S(=O)(=O)Nc1ccc(-c2ccc(N3CCCCC3)nn2)cc1. The van der Waals surface area contributed by atoms with Crippen LogP contribution in [-0.2, 0) is 10.0 Å². The number of aromatic nitrogens is 2. The van der Waals surface area contributed by atoms with E-state index in [1.54, 1.807) is 31.2 Å². The molecular weight excluding hydrogens is 430 g/mol. The predicted octanol–water partition coefficient (Wildman–Crippen LogP) is 4.15. The smallest absolute Gasteiger partial charge is 0.270 e. The van der Waals surface area contributed by atoms with Crippen LogP contribution in [0.3, 0.4) is 0 Å². The molecular formula is C22H23N5O4S. The second-order valence-corrected chi connectivity index (χ2v) is 9.37. The fraction of sp³-hybridized carbons (Fsp3) is 0.273. The van der Waals surface area contributed by atoms with E-state index in [9.17, 15) is 18.5 Å². The van der Waals surface area contributed by atoms with Crippen LogP contribution in [0.1, 0.15) is 24.8 Å². The lowest BCUT2D eigenvalue weighted by atomic mass is 10.1. The first kappa shape index (κ1) is 21.7. The van der Waals surface area contributed by atoms with Crippen LogP contribution in [0.4, 0.5) is 17.2 Å². The van der Waals surface area contributed by atoms with Crippen LogP contribution in [0, 0.1) is 17.0 Å². The molecule has 2 aromatic carbocycles. The zero-order valence-corrected chi connectivity index (χ0v) is 18.4. The predicted molar refractivity (Wildman–Crippen MR) is 122 cm³/mol. The van der Waals surface area contributed by atoms with Crippen molar-refractivity contribution in [2.45, 2.75) is 31.1 Å². The molecule has 166 valence electrons. The Morgan fingerprint density at radius 3 is 2.31 bits per heavy atom. The zero-order chi connectivity index (χ0) is 22.7. The van der Waals surface area contributed by atoms with E-state index in [0.717, 1.165) is 43.4 Å². The molecule has 1 saturated heterocycles. The average Bonchev–Trinajstić information content (AvgIpc) is 2.80. The Hall–Kier alpha value is -3.53. The number of piperidine rings is 1. The van der Waals surface area contributed by atoms with Crippen molar-refractivity contribution in [2.24, 2.45) is 0 Å². The molecule has 0 atom stereocenters. The van der Waals surface area contributed by atoms with Crippen molar-refractivity contribution in [3.63, 3.8) is 0 Å².